The lowest BCUT2D eigenvalue weighted by molar-refractivity contribution is 0.0939. The maximum Gasteiger partial charge on any atom is 0.252 e. The molecule has 1 atom stereocenters. The zero-order chi connectivity index (χ0) is 14.5. The molecule has 0 radical (unpaired) electrons. The third kappa shape index (κ3) is 3.06. The van der Waals surface area contributed by atoms with Crippen molar-refractivity contribution in [2.75, 3.05) is 7.11 Å². The summed E-state index contributed by atoms with van der Waals surface area (Å²) in [6.45, 7) is 1.86. The molecule has 1 amide bonds. The van der Waals surface area contributed by atoms with Crippen molar-refractivity contribution >= 4 is 5.91 Å². The van der Waals surface area contributed by atoms with E-state index >= 15 is 0 Å². The summed E-state index contributed by atoms with van der Waals surface area (Å²) in [4.78, 5) is 25.7. The Kier molecular flexibility index (Phi) is 4.20. The first-order valence-electron chi connectivity index (χ1n) is 6.24. The van der Waals surface area contributed by atoms with Crippen molar-refractivity contribution < 1.29 is 9.53 Å². The minimum absolute atomic E-state index is 0.224. The first kappa shape index (κ1) is 13.9. The van der Waals surface area contributed by atoms with Gasteiger partial charge in [0.15, 0.2) is 0 Å². The molecule has 2 rings (SSSR count). The highest BCUT2D eigenvalue weighted by Gasteiger charge is 2.14. The topological polar surface area (TPSA) is 71.2 Å². The molecule has 1 aromatic carbocycles. The number of amides is 1. The van der Waals surface area contributed by atoms with Gasteiger partial charge in [0.25, 0.3) is 5.91 Å². The molecule has 0 fully saturated rings. The standard InChI is InChI=1S/C15H16N2O3/c1-10(12-5-3-4-6-13(12)20-2)17-15(19)11-7-8-16-14(18)9-11/h3-10H,1-2H3,(H,16,18)(H,17,19). The molecule has 0 aliphatic rings. The van der Waals surface area contributed by atoms with Gasteiger partial charge in [-0.1, -0.05) is 18.2 Å². The molecule has 0 saturated carbocycles. The highest BCUT2D eigenvalue weighted by atomic mass is 16.5. The second-order valence-electron chi connectivity index (χ2n) is 4.38. The van der Waals surface area contributed by atoms with Gasteiger partial charge in [0, 0.05) is 23.4 Å². The van der Waals surface area contributed by atoms with Crippen LogP contribution in [0.2, 0.25) is 0 Å². The highest BCUT2D eigenvalue weighted by Crippen LogP contribution is 2.24. The molecule has 0 saturated heterocycles. The molecule has 0 aliphatic heterocycles. The number of aromatic amines is 1. The fourth-order valence-corrected chi connectivity index (χ4v) is 1.97. The van der Waals surface area contributed by atoms with Gasteiger partial charge in [-0.05, 0) is 19.1 Å². The Labute approximate surface area is 116 Å². The molecule has 5 heteroatoms. The van der Waals surface area contributed by atoms with Crippen LogP contribution in [0.3, 0.4) is 0 Å². The molecule has 2 N–H and O–H groups in total. The number of rotatable bonds is 4. The van der Waals surface area contributed by atoms with Gasteiger partial charge in [-0.15, -0.1) is 0 Å². The van der Waals surface area contributed by atoms with Crippen LogP contribution in [-0.2, 0) is 0 Å². The van der Waals surface area contributed by atoms with E-state index in [1.54, 1.807) is 13.2 Å². The predicted molar refractivity (Wildman–Crippen MR) is 75.9 cm³/mol. The predicted octanol–water partition coefficient (Wildman–Crippen LogP) is 1.87. The Morgan fingerprint density at radius 3 is 2.75 bits per heavy atom. The van der Waals surface area contributed by atoms with Crippen LogP contribution in [0.4, 0.5) is 0 Å². The number of aromatic nitrogens is 1. The molecule has 0 spiro atoms. The van der Waals surface area contributed by atoms with Gasteiger partial charge in [-0.3, -0.25) is 9.59 Å². The first-order valence-corrected chi connectivity index (χ1v) is 6.24. The van der Waals surface area contributed by atoms with E-state index in [0.29, 0.717) is 11.3 Å². The molecular weight excluding hydrogens is 256 g/mol. The minimum Gasteiger partial charge on any atom is -0.496 e. The molecule has 0 aliphatic carbocycles. The summed E-state index contributed by atoms with van der Waals surface area (Å²) in [6, 6.07) is 10.1. The Bertz CT molecular complexity index is 664. The van der Waals surface area contributed by atoms with Crippen LogP contribution in [0.15, 0.2) is 47.4 Å². The maximum absolute atomic E-state index is 12.1. The maximum atomic E-state index is 12.1. The van der Waals surface area contributed by atoms with E-state index in [0.717, 1.165) is 5.56 Å². The Hall–Kier alpha value is -2.56. The number of nitrogens with one attached hydrogen (secondary N) is 2. The first-order chi connectivity index (χ1) is 9.61. The zero-order valence-electron chi connectivity index (χ0n) is 11.3. The highest BCUT2D eigenvalue weighted by molar-refractivity contribution is 5.94. The molecule has 1 heterocycles. The van der Waals surface area contributed by atoms with Crippen molar-refractivity contribution in [3.8, 4) is 5.75 Å². The van der Waals surface area contributed by atoms with E-state index in [1.807, 2.05) is 31.2 Å². The second-order valence-corrected chi connectivity index (χ2v) is 4.38. The van der Waals surface area contributed by atoms with Gasteiger partial charge in [0.2, 0.25) is 5.56 Å². The lowest BCUT2D eigenvalue weighted by Gasteiger charge is -2.17. The summed E-state index contributed by atoms with van der Waals surface area (Å²) in [5.41, 5.74) is 0.909. The molecule has 0 bridgehead atoms. The SMILES string of the molecule is COc1ccccc1C(C)NC(=O)c1cc[nH]c(=O)c1. The van der Waals surface area contributed by atoms with Crippen molar-refractivity contribution in [2.24, 2.45) is 0 Å². The van der Waals surface area contributed by atoms with Crippen molar-refractivity contribution in [2.45, 2.75) is 13.0 Å². The van der Waals surface area contributed by atoms with E-state index in [4.69, 9.17) is 4.74 Å². The van der Waals surface area contributed by atoms with Crippen LogP contribution in [0.1, 0.15) is 28.9 Å². The fourth-order valence-electron chi connectivity index (χ4n) is 1.97. The van der Waals surface area contributed by atoms with Crippen LogP contribution >= 0.6 is 0 Å². The summed E-state index contributed by atoms with van der Waals surface area (Å²) in [5, 5.41) is 2.84. The number of carbonyl (C=O) groups is 1. The van der Waals surface area contributed by atoms with Gasteiger partial charge in [0.05, 0.1) is 13.2 Å². The largest absolute Gasteiger partial charge is 0.496 e. The molecule has 2 aromatic rings. The van der Waals surface area contributed by atoms with Gasteiger partial charge in [-0.2, -0.15) is 0 Å². The number of hydrogen-bond donors (Lipinski definition) is 2. The molecule has 104 valence electrons. The number of H-pyrrole nitrogens is 1. The monoisotopic (exact) mass is 272 g/mol. The lowest BCUT2D eigenvalue weighted by atomic mass is 10.1. The number of carbonyl (C=O) groups excluding carboxylic acids is 1. The fraction of sp³-hybridized carbons (Fsp3) is 0.200. The quantitative estimate of drug-likeness (QED) is 0.892. The number of ether oxygens (including phenoxy) is 1. The summed E-state index contributed by atoms with van der Waals surface area (Å²) >= 11 is 0. The number of methoxy groups -OCH3 is 1. The molecule has 20 heavy (non-hydrogen) atoms. The van der Waals surface area contributed by atoms with Gasteiger partial charge < -0.3 is 15.0 Å². The molecule has 1 aromatic heterocycles. The van der Waals surface area contributed by atoms with Crippen LogP contribution in [0.25, 0.3) is 0 Å². The third-order valence-electron chi connectivity index (χ3n) is 2.99. The van der Waals surface area contributed by atoms with E-state index in [1.165, 1.54) is 12.3 Å². The Morgan fingerprint density at radius 2 is 2.05 bits per heavy atom. The number of para-hydroxylation sites is 1. The number of benzene rings is 1. The van der Waals surface area contributed by atoms with Crippen molar-refractivity contribution in [3.63, 3.8) is 0 Å². The molecular formula is C15H16N2O3. The number of pyridine rings is 1. The lowest BCUT2D eigenvalue weighted by Crippen LogP contribution is -2.27. The van der Waals surface area contributed by atoms with Crippen molar-refractivity contribution in [1.82, 2.24) is 10.3 Å². The zero-order valence-corrected chi connectivity index (χ0v) is 11.3. The van der Waals surface area contributed by atoms with Gasteiger partial charge in [-0.25, -0.2) is 0 Å². The summed E-state index contributed by atoms with van der Waals surface area (Å²) < 4.78 is 5.27. The Balaban J connectivity index is 2.17. The smallest absolute Gasteiger partial charge is 0.252 e. The van der Waals surface area contributed by atoms with Gasteiger partial charge >= 0.3 is 0 Å². The minimum atomic E-state index is -0.303. The summed E-state index contributed by atoms with van der Waals surface area (Å²) in [7, 11) is 1.59. The summed E-state index contributed by atoms with van der Waals surface area (Å²) in [5.74, 6) is 0.417. The summed E-state index contributed by atoms with van der Waals surface area (Å²) in [6.07, 6.45) is 1.45. The van der Waals surface area contributed by atoms with Crippen LogP contribution in [0.5, 0.6) is 5.75 Å². The van der Waals surface area contributed by atoms with Gasteiger partial charge in [0.1, 0.15) is 5.75 Å². The molecule has 5 nitrogen and oxygen atoms in total. The van der Waals surface area contributed by atoms with Crippen LogP contribution < -0.4 is 15.6 Å². The molecule has 1 unspecified atom stereocenters. The van der Waals surface area contributed by atoms with Crippen molar-refractivity contribution in [1.29, 1.82) is 0 Å². The number of hydrogen-bond acceptors (Lipinski definition) is 3. The van der Waals surface area contributed by atoms with E-state index in [-0.39, 0.29) is 17.5 Å². The van der Waals surface area contributed by atoms with E-state index < -0.39 is 0 Å². The van der Waals surface area contributed by atoms with E-state index in [9.17, 15) is 9.59 Å². The van der Waals surface area contributed by atoms with E-state index in [2.05, 4.69) is 10.3 Å². The van der Waals surface area contributed by atoms with Crippen LogP contribution in [0, 0.1) is 0 Å². The average molecular weight is 272 g/mol. The second kappa shape index (κ2) is 6.06. The van der Waals surface area contributed by atoms with Crippen LogP contribution in [-0.4, -0.2) is 18.0 Å². The third-order valence-corrected chi connectivity index (χ3v) is 2.99. The Morgan fingerprint density at radius 1 is 1.30 bits per heavy atom. The average Bonchev–Trinajstić information content (AvgIpc) is 2.47. The normalized spacial score (nSPS) is 11.7. The van der Waals surface area contributed by atoms with Crippen molar-refractivity contribution in [3.05, 3.63) is 64.1 Å².